The number of fused-ring (bicyclic) bond motifs is 10. The number of aromatic nitrogens is 2. The zero-order valence-electron chi connectivity index (χ0n) is 58.7. The Morgan fingerprint density at radius 1 is 0.297 bits per heavy atom. The molecule has 0 amide bonds. The van der Waals surface area contributed by atoms with Gasteiger partial charge in [-0.2, -0.15) is 5.26 Å². The summed E-state index contributed by atoms with van der Waals surface area (Å²) >= 11 is 0. The molecule has 14 aromatic carbocycles. The van der Waals surface area contributed by atoms with E-state index in [-0.39, 0.29) is 24.3 Å². The zero-order valence-corrected chi connectivity index (χ0v) is 58.7. The van der Waals surface area contributed by atoms with Crippen molar-refractivity contribution in [2.45, 2.75) is 73.1 Å². The molecule has 0 spiro atoms. The van der Waals surface area contributed by atoms with Gasteiger partial charge >= 0.3 is 0 Å². The molecule has 0 atom stereocenters. The van der Waals surface area contributed by atoms with Crippen LogP contribution in [0, 0.1) is 32.1 Å². The first-order valence-electron chi connectivity index (χ1n) is 35.7. The molecular weight excluding hydrogens is 1220 g/mol. The van der Waals surface area contributed by atoms with Crippen LogP contribution in [0.5, 0.6) is 0 Å². The van der Waals surface area contributed by atoms with Gasteiger partial charge in [-0.3, -0.25) is 0 Å². The third kappa shape index (κ3) is 10.2. The normalized spacial score (nSPS) is 12.6. The van der Waals surface area contributed by atoms with Crippen LogP contribution in [0.25, 0.3) is 133 Å². The van der Waals surface area contributed by atoms with Gasteiger partial charge in [-0.15, -0.1) is 0 Å². The first-order chi connectivity index (χ1) is 49.0. The molecule has 0 aliphatic carbocycles. The molecule has 5 heteroatoms. The van der Waals surface area contributed by atoms with E-state index in [0.29, 0.717) is 5.56 Å². The van der Waals surface area contributed by atoms with E-state index in [4.69, 9.17) is 0 Å². The van der Waals surface area contributed by atoms with Crippen molar-refractivity contribution in [2.75, 3.05) is 0 Å². The SMILES string of the molecule is Cc1cc(C)c(-c2ccc3c(c2)-n2c4ccc(-c5ccccc5)cc4c4cc(-c5ccccc5)cc(c42)B3c2ccc(C(C)(C)C)cc2)c(C)c1-c1ccc(-c2ccc3c(c2)c2cc(-c4ccccc4)cc4c2n3-c2cc(-c3ccc(C#N)cc3)ccc2B4c2ccc(C(C)(C)C)cc2)cc1. The first kappa shape index (κ1) is 61.6. The monoisotopic (exact) mass is 1290 g/mol. The van der Waals surface area contributed by atoms with Crippen molar-refractivity contribution in [3.05, 3.63) is 325 Å². The summed E-state index contributed by atoms with van der Waals surface area (Å²) in [4.78, 5) is 0. The van der Waals surface area contributed by atoms with Crippen LogP contribution < -0.4 is 32.8 Å². The Bertz CT molecular complexity index is 6080. The van der Waals surface area contributed by atoms with Crippen LogP contribution in [0.3, 0.4) is 0 Å². The number of rotatable bonds is 9. The Kier molecular flexibility index (Phi) is 14.3. The molecule has 0 unspecified atom stereocenters. The van der Waals surface area contributed by atoms with Crippen molar-refractivity contribution < 1.29 is 0 Å². The molecule has 0 radical (unpaired) electrons. The van der Waals surface area contributed by atoms with E-state index in [1.807, 2.05) is 12.1 Å². The van der Waals surface area contributed by atoms with E-state index in [9.17, 15) is 5.26 Å². The molecule has 0 fully saturated rings. The van der Waals surface area contributed by atoms with Gasteiger partial charge < -0.3 is 9.13 Å². The van der Waals surface area contributed by atoms with Crippen molar-refractivity contribution in [3.63, 3.8) is 0 Å². The van der Waals surface area contributed by atoms with E-state index in [0.717, 1.165) is 11.1 Å². The molecule has 101 heavy (non-hydrogen) atoms. The number of hydrogen-bond donors (Lipinski definition) is 0. The third-order valence-electron chi connectivity index (χ3n) is 22.2. The number of nitriles is 1. The second-order valence-corrected chi connectivity index (χ2v) is 30.5. The molecule has 18 rings (SSSR count). The maximum Gasteiger partial charge on any atom is 0.246 e. The lowest BCUT2D eigenvalue weighted by molar-refractivity contribution is 0.590. The van der Waals surface area contributed by atoms with E-state index < -0.39 is 0 Å². The van der Waals surface area contributed by atoms with Gasteiger partial charge in [-0.1, -0.05) is 283 Å². The summed E-state index contributed by atoms with van der Waals surface area (Å²) in [7, 11) is 0. The van der Waals surface area contributed by atoms with Crippen molar-refractivity contribution in [1.82, 2.24) is 9.13 Å². The summed E-state index contributed by atoms with van der Waals surface area (Å²) in [6, 6.07) is 112. The summed E-state index contributed by atoms with van der Waals surface area (Å²) in [5.41, 5.74) is 39.0. The summed E-state index contributed by atoms with van der Waals surface area (Å²) in [6.07, 6.45) is 0. The number of nitrogens with zero attached hydrogens (tertiary/aromatic N) is 3. The zero-order chi connectivity index (χ0) is 68.7. The van der Waals surface area contributed by atoms with Crippen LogP contribution in [0.4, 0.5) is 0 Å². The fraction of sp³-hybridized carbons (Fsp3) is 0.115. The minimum atomic E-state index is -0.0217. The third-order valence-corrected chi connectivity index (χ3v) is 22.2. The fourth-order valence-electron chi connectivity index (χ4n) is 17.2. The average Bonchev–Trinajstić information content (AvgIpc) is 1.57. The number of hydrogen-bond acceptors (Lipinski definition) is 1. The number of aryl methyl sites for hydroxylation is 2. The van der Waals surface area contributed by atoms with Crippen LogP contribution in [0.1, 0.15) is 74.9 Å². The van der Waals surface area contributed by atoms with Gasteiger partial charge in [0.15, 0.2) is 0 Å². The summed E-state index contributed by atoms with van der Waals surface area (Å²) in [5, 5.41) is 14.7. The van der Waals surface area contributed by atoms with Crippen LogP contribution in [-0.2, 0) is 10.8 Å². The number of benzene rings is 14. The maximum atomic E-state index is 9.75. The summed E-state index contributed by atoms with van der Waals surface area (Å²) in [6.45, 7) is 20.7. The second kappa shape index (κ2) is 23.5. The van der Waals surface area contributed by atoms with Crippen molar-refractivity contribution in [1.29, 1.82) is 5.26 Å². The molecule has 4 heterocycles. The van der Waals surface area contributed by atoms with Crippen molar-refractivity contribution >= 4 is 89.8 Å². The Morgan fingerprint density at radius 3 is 1.08 bits per heavy atom. The van der Waals surface area contributed by atoms with Gasteiger partial charge in [0, 0.05) is 44.0 Å². The molecule has 2 aromatic heterocycles. The van der Waals surface area contributed by atoms with Gasteiger partial charge in [-0.05, 0) is 220 Å². The topological polar surface area (TPSA) is 33.6 Å². The van der Waals surface area contributed by atoms with E-state index >= 15 is 0 Å². The Labute approximate surface area is 593 Å². The van der Waals surface area contributed by atoms with Gasteiger partial charge in [0.05, 0.1) is 22.7 Å². The Morgan fingerprint density at radius 2 is 0.644 bits per heavy atom. The van der Waals surface area contributed by atoms with Gasteiger partial charge in [0.1, 0.15) is 0 Å². The largest absolute Gasteiger partial charge is 0.310 e. The van der Waals surface area contributed by atoms with Gasteiger partial charge in [0.2, 0.25) is 13.4 Å². The first-order valence-corrected chi connectivity index (χ1v) is 35.7. The van der Waals surface area contributed by atoms with Crippen molar-refractivity contribution in [3.8, 4) is 95.3 Å². The van der Waals surface area contributed by atoms with E-state index in [2.05, 4.69) is 357 Å². The lowest BCUT2D eigenvalue weighted by atomic mass is 9.35. The highest BCUT2D eigenvalue weighted by Crippen LogP contribution is 2.44. The standard InChI is InChI=1S/C96H75B2N3/c1-59-49-60(2)92(72-34-46-84-90(57-72)101-88-47-35-69(63-19-13-10-14-20-63)50-79(88)81-52-73(64-21-15-11-16-22-64)55-86(94(81)101)98(84)78-43-39-76(40-44-78)96(7,8)9)61(3)91(59)68-31-29-67(30-32-68)70-36-48-87-80(51-70)82-53-74(65-23-17-12-18-24-65)54-85-93(82)100(87)89-56-71(66-27-25-62(58-99)26-28-66)33-45-83(89)97(85)77-41-37-75(38-42-77)95(4,5)6/h10-57H,1-9H3. The molecule has 3 nitrogen and oxygen atoms in total. The highest BCUT2D eigenvalue weighted by Gasteiger charge is 2.38. The molecule has 0 N–H and O–H groups in total. The van der Waals surface area contributed by atoms with Crippen LogP contribution in [0.2, 0.25) is 0 Å². The second-order valence-electron chi connectivity index (χ2n) is 30.5. The Hall–Kier alpha value is -11.7. The minimum absolute atomic E-state index is 0.0100. The van der Waals surface area contributed by atoms with Crippen LogP contribution in [-0.4, -0.2) is 22.6 Å². The summed E-state index contributed by atoms with van der Waals surface area (Å²) < 4.78 is 5.14. The molecular formula is C96H75B2N3. The van der Waals surface area contributed by atoms with E-state index in [1.54, 1.807) is 0 Å². The molecule has 480 valence electrons. The predicted molar refractivity (Wildman–Crippen MR) is 432 cm³/mol. The van der Waals surface area contributed by atoms with Crippen LogP contribution >= 0.6 is 0 Å². The molecule has 0 bridgehead atoms. The molecule has 0 saturated carbocycles. The molecule has 2 aliphatic heterocycles. The van der Waals surface area contributed by atoms with Gasteiger partial charge in [0.25, 0.3) is 0 Å². The lowest BCUT2D eigenvalue weighted by Crippen LogP contribution is -2.56. The molecule has 16 aromatic rings. The maximum absolute atomic E-state index is 9.75. The fourth-order valence-corrected chi connectivity index (χ4v) is 17.2. The average molecular weight is 1290 g/mol. The predicted octanol–water partition coefficient (Wildman–Crippen LogP) is 20.6. The van der Waals surface area contributed by atoms with E-state index in [1.165, 1.54) is 182 Å². The van der Waals surface area contributed by atoms with Crippen molar-refractivity contribution in [2.24, 2.45) is 0 Å². The highest BCUT2D eigenvalue weighted by atomic mass is 15.0. The molecule has 2 aliphatic rings. The smallest absolute Gasteiger partial charge is 0.246 e. The van der Waals surface area contributed by atoms with Gasteiger partial charge in [-0.25, -0.2) is 0 Å². The van der Waals surface area contributed by atoms with Crippen LogP contribution in [0.15, 0.2) is 291 Å². The lowest BCUT2D eigenvalue weighted by Gasteiger charge is -2.29. The molecule has 0 saturated heterocycles. The minimum Gasteiger partial charge on any atom is -0.310 e. The Balaban J connectivity index is 0.774. The quantitative estimate of drug-likeness (QED) is 0.133. The summed E-state index contributed by atoms with van der Waals surface area (Å²) in [5.74, 6) is 0. The highest BCUT2D eigenvalue weighted by molar-refractivity contribution is 6.98.